The normalized spacial score (nSPS) is 9.18. The Morgan fingerprint density at radius 3 is 2.91 bits per heavy atom. The molecule has 58 valence electrons. The van der Waals surface area contributed by atoms with E-state index in [1.54, 1.807) is 0 Å². The molecule has 1 amide bonds. The van der Waals surface area contributed by atoms with Crippen LogP contribution in [-0.2, 0) is 0 Å². The van der Waals surface area contributed by atoms with Gasteiger partial charge in [0.05, 0.1) is 6.20 Å². The second-order valence-corrected chi connectivity index (χ2v) is 1.82. The molecule has 1 aromatic heterocycles. The molecule has 1 rings (SSSR count). The molecule has 0 saturated heterocycles. The number of rotatable bonds is 1. The van der Waals surface area contributed by atoms with Crippen LogP contribution in [-0.4, -0.2) is 33.7 Å². The van der Waals surface area contributed by atoms with Gasteiger partial charge in [-0.15, -0.1) is 10.2 Å². The van der Waals surface area contributed by atoms with Crippen molar-refractivity contribution >= 4 is 11.9 Å². The first-order valence-corrected chi connectivity index (χ1v) is 2.83. The second-order valence-electron chi connectivity index (χ2n) is 1.82. The highest BCUT2D eigenvalue weighted by Crippen LogP contribution is 2.03. The smallest absolute Gasteiger partial charge is 0.412 e. The highest BCUT2D eigenvalue weighted by atomic mass is 16.4. The minimum atomic E-state index is -1.08. The van der Waals surface area contributed by atoms with E-state index < -0.39 is 6.09 Å². The molecule has 0 aliphatic rings. The van der Waals surface area contributed by atoms with E-state index in [9.17, 15) is 4.79 Å². The van der Waals surface area contributed by atoms with Gasteiger partial charge in [-0.3, -0.25) is 4.90 Å². The van der Waals surface area contributed by atoms with Crippen molar-refractivity contribution in [1.29, 1.82) is 0 Å². The van der Waals surface area contributed by atoms with Gasteiger partial charge in [-0.1, -0.05) is 0 Å². The fourth-order valence-electron chi connectivity index (χ4n) is 0.512. The van der Waals surface area contributed by atoms with Gasteiger partial charge in [0.15, 0.2) is 5.82 Å². The van der Waals surface area contributed by atoms with Crippen molar-refractivity contribution in [3.05, 3.63) is 12.3 Å². The minimum Gasteiger partial charge on any atom is -0.465 e. The number of carbonyl (C=O) groups is 1. The molecule has 1 heterocycles. The summed E-state index contributed by atoms with van der Waals surface area (Å²) in [5.74, 6) is 0.257. The van der Waals surface area contributed by atoms with E-state index in [1.165, 1.54) is 19.3 Å². The van der Waals surface area contributed by atoms with Crippen molar-refractivity contribution in [2.75, 3.05) is 11.9 Å². The molecule has 0 radical (unpaired) electrons. The van der Waals surface area contributed by atoms with Gasteiger partial charge in [0.1, 0.15) is 0 Å². The van der Waals surface area contributed by atoms with E-state index >= 15 is 0 Å². The maximum Gasteiger partial charge on any atom is 0.412 e. The predicted octanol–water partition coefficient (Wildman–Crippen LogP) is -0.0142. The van der Waals surface area contributed by atoms with Crippen molar-refractivity contribution in [1.82, 2.24) is 15.4 Å². The summed E-state index contributed by atoms with van der Waals surface area (Å²) >= 11 is 0. The zero-order chi connectivity index (χ0) is 8.27. The third kappa shape index (κ3) is 1.60. The van der Waals surface area contributed by atoms with Crippen LogP contribution in [0.4, 0.5) is 10.6 Å². The Labute approximate surface area is 62.5 Å². The van der Waals surface area contributed by atoms with Gasteiger partial charge in [-0.2, -0.15) is 0 Å². The summed E-state index contributed by atoms with van der Waals surface area (Å²) in [4.78, 5) is 11.3. The van der Waals surface area contributed by atoms with Gasteiger partial charge in [-0.25, -0.2) is 4.79 Å². The minimum absolute atomic E-state index is 0.257. The summed E-state index contributed by atoms with van der Waals surface area (Å²) in [6, 6.07) is 1.46. The van der Waals surface area contributed by atoms with Crippen LogP contribution in [0.15, 0.2) is 12.3 Å². The SMILES string of the molecule is CN(C(=O)O)c1ccnnn1. The predicted molar refractivity (Wildman–Crippen MR) is 36.3 cm³/mol. The number of carboxylic acid groups (broad SMARTS) is 1. The summed E-state index contributed by atoms with van der Waals surface area (Å²) in [5, 5.41) is 18.6. The van der Waals surface area contributed by atoms with E-state index in [-0.39, 0.29) is 5.82 Å². The van der Waals surface area contributed by atoms with Crippen molar-refractivity contribution < 1.29 is 9.90 Å². The molecule has 0 atom stereocenters. The topological polar surface area (TPSA) is 79.2 Å². The number of hydrogen-bond acceptors (Lipinski definition) is 4. The average Bonchev–Trinajstić information content (AvgIpc) is 2.05. The Morgan fingerprint density at radius 2 is 2.45 bits per heavy atom. The third-order valence-electron chi connectivity index (χ3n) is 1.12. The molecule has 1 N–H and O–H groups in total. The van der Waals surface area contributed by atoms with E-state index in [0.29, 0.717) is 0 Å². The van der Waals surface area contributed by atoms with Crippen LogP contribution in [0.5, 0.6) is 0 Å². The van der Waals surface area contributed by atoms with E-state index in [1.807, 2.05) is 0 Å². The molecule has 0 bridgehead atoms. The third-order valence-corrected chi connectivity index (χ3v) is 1.12. The Kier molecular flexibility index (Phi) is 1.95. The fraction of sp³-hybridized carbons (Fsp3) is 0.200. The van der Waals surface area contributed by atoms with Crippen molar-refractivity contribution in [3.8, 4) is 0 Å². The quantitative estimate of drug-likeness (QED) is 0.615. The van der Waals surface area contributed by atoms with Gasteiger partial charge < -0.3 is 5.11 Å². The molecule has 0 aliphatic carbocycles. The Balaban J connectivity index is 2.85. The van der Waals surface area contributed by atoms with Crippen molar-refractivity contribution in [3.63, 3.8) is 0 Å². The zero-order valence-corrected chi connectivity index (χ0v) is 5.80. The largest absolute Gasteiger partial charge is 0.465 e. The monoisotopic (exact) mass is 154 g/mol. The summed E-state index contributed by atoms with van der Waals surface area (Å²) in [6.45, 7) is 0. The lowest BCUT2D eigenvalue weighted by atomic mass is 10.6. The maximum absolute atomic E-state index is 10.3. The molecule has 0 saturated carbocycles. The first-order valence-electron chi connectivity index (χ1n) is 2.83. The Bertz CT molecular complexity index is 250. The molecule has 0 aliphatic heterocycles. The number of amides is 1. The van der Waals surface area contributed by atoms with Gasteiger partial charge in [0.2, 0.25) is 0 Å². The van der Waals surface area contributed by atoms with Gasteiger partial charge in [0, 0.05) is 13.1 Å². The lowest BCUT2D eigenvalue weighted by Crippen LogP contribution is -2.25. The van der Waals surface area contributed by atoms with Gasteiger partial charge in [0.25, 0.3) is 0 Å². The van der Waals surface area contributed by atoms with Crippen LogP contribution in [0.2, 0.25) is 0 Å². The van der Waals surface area contributed by atoms with Crippen LogP contribution in [0.1, 0.15) is 0 Å². The molecule has 11 heavy (non-hydrogen) atoms. The van der Waals surface area contributed by atoms with Crippen LogP contribution in [0.3, 0.4) is 0 Å². The molecule has 0 fully saturated rings. The van der Waals surface area contributed by atoms with Gasteiger partial charge in [-0.05, 0) is 5.21 Å². The first kappa shape index (κ1) is 7.39. The Morgan fingerprint density at radius 1 is 1.73 bits per heavy atom. The molecule has 0 spiro atoms. The lowest BCUT2D eigenvalue weighted by Gasteiger charge is -2.08. The number of nitrogens with zero attached hydrogens (tertiary/aromatic N) is 4. The molecular formula is C5H6N4O2. The highest BCUT2D eigenvalue weighted by molar-refractivity contribution is 5.83. The first-order chi connectivity index (χ1) is 5.22. The summed E-state index contributed by atoms with van der Waals surface area (Å²) in [7, 11) is 1.38. The average molecular weight is 154 g/mol. The molecular weight excluding hydrogens is 148 g/mol. The van der Waals surface area contributed by atoms with Gasteiger partial charge >= 0.3 is 6.09 Å². The number of hydrogen-bond donors (Lipinski definition) is 1. The molecule has 6 heteroatoms. The van der Waals surface area contributed by atoms with Crippen molar-refractivity contribution in [2.24, 2.45) is 0 Å². The lowest BCUT2D eigenvalue weighted by molar-refractivity contribution is 0.203. The summed E-state index contributed by atoms with van der Waals surface area (Å²) in [6.07, 6.45) is 0.299. The van der Waals surface area contributed by atoms with E-state index in [2.05, 4.69) is 15.4 Å². The number of aromatic nitrogens is 3. The van der Waals surface area contributed by atoms with E-state index in [4.69, 9.17) is 5.11 Å². The molecule has 0 aromatic carbocycles. The number of anilines is 1. The van der Waals surface area contributed by atoms with Crippen LogP contribution < -0.4 is 4.90 Å². The second kappa shape index (κ2) is 2.91. The van der Waals surface area contributed by atoms with Crippen LogP contribution >= 0.6 is 0 Å². The zero-order valence-electron chi connectivity index (χ0n) is 5.80. The maximum atomic E-state index is 10.3. The Hall–Kier alpha value is -1.72. The highest BCUT2D eigenvalue weighted by Gasteiger charge is 2.08. The summed E-state index contributed by atoms with van der Waals surface area (Å²) < 4.78 is 0. The van der Waals surface area contributed by atoms with Crippen molar-refractivity contribution in [2.45, 2.75) is 0 Å². The molecule has 1 aromatic rings. The molecule has 0 unspecified atom stereocenters. The molecule has 6 nitrogen and oxygen atoms in total. The summed E-state index contributed by atoms with van der Waals surface area (Å²) in [5.41, 5.74) is 0. The van der Waals surface area contributed by atoms with E-state index in [0.717, 1.165) is 4.90 Å². The standard InChI is InChI=1S/C5H6N4O2/c1-9(5(10)11)4-2-3-6-8-7-4/h2-3H,1H3,(H,10,11). The fourth-order valence-corrected chi connectivity index (χ4v) is 0.512. The van der Waals surface area contributed by atoms with Crippen LogP contribution in [0, 0.1) is 0 Å². The van der Waals surface area contributed by atoms with Crippen LogP contribution in [0.25, 0.3) is 0 Å².